The maximum Gasteiger partial charge on any atom is 2.00 e. The zero-order valence-electron chi connectivity index (χ0n) is 32.6. The topological polar surface area (TPSA) is 200 Å². The fraction of sp³-hybridized carbons (Fsp3) is 0.395. The minimum absolute atomic E-state index is 0. The second-order valence-corrected chi connectivity index (χ2v) is 15.6. The van der Waals surface area contributed by atoms with Crippen LogP contribution in [-0.2, 0) is 40.1 Å². The molecule has 3 aromatic rings. The third-order valence-electron chi connectivity index (χ3n) is 12.1. The molecule has 0 spiro atoms. The van der Waals surface area contributed by atoms with Crippen molar-refractivity contribution in [3.05, 3.63) is 132 Å². The van der Waals surface area contributed by atoms with Gasteiger partial charge in [-0.1, -0.05) is 80.6 Å². The second-order valence-electron chi connectivity index (χ2n) is 15.6. The third-order valence-corrected chi connectivity index (χ3v) is 12.1. The van der Waals surface area contributed by atoms with E-state index in [9.17, 15) is 44.7 Å². The van der Waals surface area contributed by atoms with Gasteiger partial charge in [0.15, 0.2) is 11.9 Å². The summed E-state index contributed by atoms with van der Waals surface area (Å²) in [7, 11) is 0. The summed E-state index contributed by atoms with van der Waals surface area (Å²) >= 11 is 0. The summed E-state index contributed by atoms with van der Waals surface area (Å²) in [6.45, 7) is 9.86. The molecule has 12 nitrogen and oxygen atoms in total. The number of aliphatic hydroxyl groups excluding tert-OH is 3. The molecule has 2 saturated carbocycles. The largest absolute Gasteiger partial charge is 2.00 e. The first-order chi connectivity index (χ1) is 25.9. The maximum atomic E-state index is 14.6. The number of nitrogens with one attached hydrogen (secondary N) is 1. The number of fused-ring (bicyclic) bond motifs is 3. The summed E-state index contributed by atoms with van der Waals surface area (Å²) in [5.41, 5.74) is -7.26. The molecule has 2 radical (unpaired) electrons. The Labute approximate surface area is 424 Å². The van der Waals surface area contributed by atoms with Crippen LogP contribution in [0.2, 0.25) is 0 Å². The van der Waals surface area contributed by atoms with Gasteiger partial charge < -0.3 is 53.7 Å². The number of hydrogen-bond acceptors (Lipinski definition) is 11. The molecule has 15 heteroatoms. The number of hydrogen-bond donors (Lipinski definition) is 6. The summed E-state index contributed by atoms with van der Waals surface area (Å²) in [5.74, 6) is -5.25. The number of aliphatic hydroxyl groups is 5. The predicted molar refractivity (Wildman–Crippen MR) is 199 cm³/mol. The van der Waals surface area contributed by atoms with Gasteiger partial charge in [-0.2, -0.15) is 12.0 Å². The molecule has 0 aliphatic heterocycles. The van der Waals surface area contributed by atoms with Gasteiger partial charge >= 0.3 is 33.0 Å². The van der Waals surface area contributed by atoms with Crippen molar-refractivity contribution >= 4 is 23.6 Å². The summed E-state index contributed by atoms with van der Waals surface area (Å²) in [4.78, 5) is 55.7. The normalized spacial score (nSPS) is 30.9. The molecule has 0 saturated heterocycles. The van der Waals surface area contributed by atoms with Crippen LogP contribution < -0.4 is 5.32 Å². The molecule has 0 heterocycles. The van der Waals surface area contributed by atoms with Gasteiger partial charge in [-0.05, 0) is 60.7 Å². The Morgan fingerprint density at radius 1 is 0.862 bits per heavy atom. The molecule has 302 valence electrons. The van der Waals surface area contributed by atoms with E-state index < -0.39 is 94.6 Å². The van der Waals surface area contributed by atoms with Crippen LogP contribution in [0, 0.1) is 118 Å². The molecule has 6 N–H and O–H groups in total. The number of benzene rings is 3. The van der Waals surface area contributed by atoms with Crippen molar-refractivity contribution in [1.82, 2.24) is 5.32 Å². The number of esters is 2. The van der Waals surface area contributed by atoms with Crippen LogP contribution in [0.5, 0.6) is 0 Å². The SMILES string of the molecule is [Ac].[Ac].[CH2-]C1(O)[CH-]CC(O)[C@@]2(C)C(=O)C(O)C3=C(C)C(OC(=O)C(O)C(NC(=O)c4ccccc4)c4ccccc4)CC(O)([C@@H](OC(=O)c4ccccc4)C12)C3(C)C.[W+2]. The smallest absolute Gasteiger partial charge is 0.456 e. The minimum atomic E-state index is -2.33. The quantitative estimate of drug-likeness (QED) is 0.110. The van der Waals surface area contributed by atoms with Gasteiger partial charge in [0.2, 0.25) is 0 Å². The Morgan fingerprint density at radius 3 is 1.93 bits per heavy atom. The van der Waals surface area contributed by atoms with Crippen LogP contribution in [0.25, 0.3) is 0 Å². The number of amides is 1. The average Bonchev–Trinajstić information content (AvgIpc) is 3.17. The number of ketones is 1. The molecule has 2 bridgehead atoms. The first kappa shape index (κ1) is 51.2. The summed E-state index contributed by atoms with van der Waals surface area (Å²) in [6, 6.07) is 23.1. The van der Waals surface area contributed by atoms with Gasteiger partial charge in [0.1, 0.15) is 23.9 Å². The molecule has 1 amide bonds. The molecule has 58 heavy (non-hydrogen) atoms. The van der Waals surface area contributed by atoms with Crippen LogP contribution >= 0.6 is 0 Å². The average molecular weight is 1390 g/mol. The van der Waals surface area contributed by atoms with Gasteiger partial charge in [0.05, 0.1) is 17.0 Å². The van der Waals surface area contributed by atoms with Crippen LogP contribution in [0.3, 0.4) is 0 Å². The summed E-state index contributed by atoms with van der Waals surface area (Å²) in [6.07, 6.45) is -8.14. The molecule has 3 aliphatic rings. The molecular formula is C43H47Ac2NO11W. The Bertz CT molecular complexity index is 1980. The van der Waals surface area contributed by atoms with Crippen molar-refractivity contribution in [3.8, 4) is 0 Å². The fourth-order valence-electron chi connectivity index (χ4n) is 8.85. The standard InChI is InChI=1S/C43H47NO11.2Ac.W/c1-24-28(54-39(51)33(47)31(25-15-9-6-10-16-25)44-37(49)26-17-11-7-12-18-26)23-43(53)36(55-38(50)27-19-13-8-14-20-27)34-41(4,52)22-21-29(45)42(34,5)35(48)32(46)30(24)40(43,2)3;;;/h6-20,22,28-29,31-34,36,45-47,52-53H,4,21,23H2,1-3,5H3,(H,44,49);;;/q-2;;;+2/t28?,29?,31?,32?,33?,34?,36-,41?,42+,43?;;;/m0.../s1. The van der Waals surface area contributed by atoms with E-state index in [1.165, 1.54) is 46.2 Å². The second kappa shape index (κ2) is 19.9. The van der Waals surface area contributed by atoms with Crippen molar-refractivity contribution in [2.24, 2.45) is 16.7 Å². The van der Waals surface area contributed by atoms with E-state index >= 15 is 0 Å². The molecule has 3 aliphatic carbocycles. The third kappa shape index (κ3) is 9.29. The van der Waals surface area contributed by atoms with E-state index in [2.05, 4.69) is 12.2 Å². The summed E-state index contributed by atoms with van der Waals surface area (Å²) < 4.78 is 12.1. The number of Topliss-reactive ketones (excluding diaryl/α,β-unsaturated/α-hetero) is 1. The number of rotatable bonds is 8. The number of carbonyl (C=O) groups excluding carboxylic acids is 4. The Hall–Kier alpha value is -1.15. The van der Waals surface area contributed by atoms with Crippen molar-refractivity contribution in [3.63, 3.8) is 0 Å². The molecule has 8 unspecified atom stereocenters. The van der Waals surface area contributed by atoms with Gasteiger partial charge in [-0.3, -0.25) is 9.59 Å². The van der Waals surface area contributed by atoms with E-state index in [0.717, 1.165) is 0 Å². The van der Waals surface area contributed by atoms with Crippen molar-refractivity contribution in [2.45, 2.75) is 88.3 Å². The Kier molecular flexibility index (Phi) is 17.6. The molecule has 3 aromatic carbocycles. The molecule has 6 rings (SSSR count). The van der Waals surface area contributed by atoms with Crippen LogP contribution in [0.15, 0.2) is 102 Å². The Balaban J connectivity index is 0.00000300. The molecule has 10 atom stereocenters. The van der Waals surface area contributed by atoms with Gasteiger partial charge in [-0.25, -0.2) is 9.59 Å². The summed E-state index contributed by atoms with van der Waals surface area (Å²) in [5, 5.41) is 62.8. The number of ether oxygens (including phenoxy) is 2. The van der Waals surface area contributed by atoms with Crippen molar-refractivity contribution in [1.29, 1.82) is 0 Å². The van der Waals surface area contributed by atoms with Gasteiger partial charge in [-0.15, -0.1) is 0 Å². The van der Waals surface area contributed by atoms with Crippen molar-refractivity contribution in [2.75, 3.05) is 0 Å². The zero-order valence-corrected chi connectivity index (χ0v) is 45.1. The van der Waals surface area contributed by atoms with E-state index in [4.69, 9.17) is 9.47 Å². The van der Waals surface area contributed by atoms with E-state index in [1.54, 1.807) is 78.9 Å². The minimum Gasteiger partial charge on any atom is -0.456 e. The van der Waals surface area contributed by atoms with Crippen molar-refractivity contribution < 1.29 is 163 Å². The molecule has 0 aromatic heterocycles. The number of carbonyl (C=O) groups is 4. The maximum absolute atomic E-state index is 14.6. The van der Waals surface area contributed by atoms with E-state index in [0.29, 0.717) is 5.56 Å². The first-order valence-corrected chi connectivity index (χ1v) is 18.2. The Morgan fingerprint density at radius 2 is 1.38 bits per heavy atom. The zero-order chi connectivity index (χ0) is 40.1. The van der Waals surface area contributed by atoms with Crippen LogP contribution in [0.1, 0.15) is 72.9 Å². The van der Waals surface area contributed by atoms with Gasteiger partial charge in [0.25, 0.3) is 5.91 Å². The predicted octanol–water partition coefficient (Wildman–Crippen LogP) is 3.23. The molecule has 2 fully saturated rings. The first-order valence-electron chi connectivity index (χ1n) is 18.2. The van der Waals surface area contributed by atoms with E-state index in [-0.39, 0.29) is 138 Å². The van der Waals surface area contributed by atoms with E-state index in [1.807, 2.05) is 0 Å². The fourth-order valence-corrected chi connectivity index (χ4v) is 8.85. The monoisotopic (exact) mass is 1390 g/mol. The van der Waals surface area contributed by atoms with Crippen LogP contribution in [0.4, 0.5) is 0 Å². The van der Waals surface area contributed by atoms with Crippen LogP contribution in [-0.4, -0.2) is 90.9 Å². The van der Waals surface area contributed by atoms with Gasteiger partial charge in [0, 0.05) is 112 Å². The molecular weight excluding hydrogens is 1340 g/mol.